The molecule has 1 unspecified atom stereocenters. The molecule has 0 radical (unpaired) electrons. The first-order valence-corrected chi connectivity index (χ1v) is 18.5. The van der Waals surface area contributed by atoms with Gasteiger partial charge in [0.15, 0.2) is 0 Å². The molecule has 2 aliphatic rings. The number of aromatic nitrogens is 4. The number of nitrogens with one attached hydrogen (secondary N) is 3. The second-order valence-electron chi connectivity index (χ2n) is 13.6. The van der Waals surface area contributed by atoms with E-state index in [1.54, 1.807) is 0 Å². The van der Waals surface area contributed by atoms with Gasteiger partial charge in [-0.25, -0.2) is 14.8 Å². The number of carboxylic acid groups (broad SMARTS) is 1. The van der Waals surface area contributed by atoms with Crippen molar-refractivity contribution in [3.8, 4) is 44.5 Å². The normalized spacial score (nSPS) is 12.5. The zero-order valence-corrected chi connectivity index (χ0v) is 30.1. The zero-order valence-electron chi connectivity index (χ0n) is 30.1. The first-order valence-electron chi connectivity index (χ1n) is 18.5. The van der Waals surface area contributed by atoms with Crippen LogP contribution >= 0.6 is 0 Å². The maximum Gasteiger partial charge on any atom is 0.326 e. The minimum atomic E-state index is -0.878. The van der Waals surface area contributed by atoms with E-state index in [0.717, 1.165) is 95.0 Å². The van der Waals surface area contributed by atoms with Crippen molar-refractivity contribution in [1.82, 2.24) is 19.9 Å². The topological polar surface area (TPSA) is 107 Å². The first-order chi connectivity index (χ1) is 27.0. The van der Waals surface area contributed by atoms with Crippen LogP contribution in [0.4, 0.5) is 5.69 Å². The number of carboxylic acids is 1. The van der Waals surface area contributed by atoms with Crippen molar-refractivity contribution in [2.45, 2.75) is 19.4 Å². The van der Waals surface area contributed by atoms with Gasteiger partial charge >= 0.3 is 5.97 Å². The summed E-state index contributed by atoms with van der Waals surface area (Å²) in [5, 5.41) is 12.8. The fourth-order valence-electron chi connectivity index (χ4n) is 7.51. The van der Waals surface area contributed by atoms with Crippen LogP contribution in [0.3, 0.4) is 0 Å². The van der Waals surface area contributed by atoms with Gasteiger partial charge in [-0.15, -0.1) is 0 Å². The summed E-state index contributed by atoms with van der Waals surface area (Å²) in [5.41, 5.74) is 15.8. The Labute approximate surface area is 318 Å². The zero-order chi connectivity index (χ0) is 37.3. The molecule has 55 heavy (non-hydrogen) atoms. The Kier molecular flexibility index (Phi) is 8.72. The highest BCUT2D eigenvalue weighted by molar-refractivity contribution is 5.99. The lowest BCUT2D eigenvalue weighted by Crippen LogP contribution is -2.28. The van der Waals surface area contributed by atoms with Crippen molar-refractivity contribution in [1.29, 1.82) is 0 Å². The quantitative estimate of drug-likeness (QED) is 0.125. The van der Waals surface area contributed by atoms with E-state index in [2.05, 4.69) is 112 Å². The van der Waals surface area contributed by atoms with Gasteiger partial charge in [-0.3, -0.25) is 0 Å². The minimum Gasteiger partial charge on any atom is -0.480 e. The minimum absolute atomic E-state index is 0.466. The SMILES string of the molecule is CCC(Nc1ccc(-c2c3nc(c(-c4ccccc4)c4ccc([nH]4)c(-c4ccccc4)c4nc(c(-c5ccccc5)c5ccc2[nH]5)C=C4)C=C3)cc1)C(=O)O. The number of carbonyl (C=O) groups is 1. The third kappa shape index (κ3) is 6.42. The van der Waals surface area contributed by atoms with E-state index >= 15 is 0 Å². The van der Waals surface area contributed by atoms with Crippen LogP contribution in [0.1, 0.15) is 36.1 Å². The number of aromatic amines is 2. The maximum atomic E-state index is 11.8. The molecule has 4 N–H and O–H groups in total. The molecule has 0 saturated heterocycles. The third-order valence-electron chi connectivity index (χ3n) is 10.2. The van der Waals surface area contributed by atoms with Crippen molar-refractivity contribution in [2.24, 2.45) is 0 Å². The number of H-pyrrole nitrogens is 2. The van der Waals surface area contributed by atoms with Crippen molar-refractivity contribution in [3.05, 3.63) is 162 Å². The Bertz CT molecular complexity index is 2740. The first kappa shape index (κ1) is 33.6. The van der Waals surface area contributed by atoms with Gasteiger partial charge in [0.2, 0.25) is 0 Å². The van der Waals surface area contributed by atoms with Crippen LogP contribution < -0.4 is 5.32 Å². The second-order valence-corrected chi connectivity index (χ2v) is 13.6. The average molecular weight is 716 g/mol. The van der Waals surface area contributed by atoms with E-state index < -0.39 is 12.0 Å². The van der Waals surface area contributed by atoms with Gasteiger partial charge in [0.05, 0.1) is 22.8 Å². The van der Waals surface area contributed by atoms with Gasteiger partial charge in [-0.05, 0) is 89.4 Å². The summed E-state index contributed by atoms with van der Waals surface area (Å²) < 4.78 is 0. The Hall–Kier alpha value is -7.25. The largest absolute Gasteiger partial charge is 0.480 e. The van der Waals surface area contributed by atoms with Crippen molar-refractivity contribution >= 4 is 58.0 Å². The number of hydrogen-bond acceptors (Lipinski definition) is 4. The molecule has 7 heteroatoms. The number of aliphatic carboxylic acids is 1. The summed E-state index contributed by atoms with van der Waals surface area (Å²) in [7, 11) is 0. The molecule has 0 fully saturated rings. The summed E-state index contributed by atoms with van der Waals surface area (Å²) >= 11 is 0. The fraction of sp³-hybridized carbons (Fsp3) is 0.0625. The smallest absolute Gasteiger partial charge is 0.326 e. The third-order valence-corrected chi connectivity index (χ3v) is 10.2. The molecule has 3 aromatic heterocycles. The maximum absolute atomic E-state index is 11.8. The molecular formula is C48H37N5O2. The summed E-state index contributed by atoms with van der Waals surface area (Å²) in [6, 6.07) is 46.8. The second kappa shape index (κ2) is 14.3. The van der Waals surface area contributed by atoms with Crippen molar-refractivity contribution in [3.63, 3.8) is 0 Å². The van der Waals surface area contributed by atoms with Gasteiger partial charge < -0.3 is 20.4 Å². The molecule has 0 aliphatic carbocycles. The number of hydrogen-bond donors (Lipinski definition) is 4. The number of nitrogens with zero attached hydrogens (tertiary/aromatic N) is 2. The van der Waals surface area contributed by atoms with E-state index in [9.17, 15) is 9.90 Å². The number of anilines is 1. The van der Waals surface area contributed by atoms with Crippen molar-refractivity contribution in [2.75, 3.05) is 5.32 Å². The predicted molar refractivity (Wildman–Crippen MR) is 226 cm³/mol. The standard InChI is InChI=1S/C48H37N5O2/c1-2-35(48(54)55)49-34-20-18-33(19-21-34)47-42-28-26-40(52-42)45(31-14-8-4-9-15-31)38-24-22-36(50-38)44(30-12-6-3-7-13-30)37-23-25-39(51-37)46(32-16-10-5-11-17-32)41-27-29-43(47)53-41/h3-29,35,49-50,53H,2H2,1H3,(H,54,55). The van der Waals surface area contributed by atoms with Crippen LogP contribution in [0.25, 0.3) is 90.9 Å². The Morgan fingerprint density at radius 2 is 0.836 bits per heavy atom. The molecule has 8 bridgehead atoms. The predicted octanol–water partition coefficient (Wildman–Crippen LogP) is 11.6. The van der Waals surface area contributed by atoms with Crippen LogP contribution in [-0.4, -0.2) is 37.1 Å². The van der Waals surface area contributed by atoms with Gasteiger partial charge in [-0.2, -0.15) is 0 Å². The molecule has 7 nitrogen and oxygen atoms in total. The van der Waals surface area contributed by atoms with E-state index in [4.69, 9.17) is 9.97 Å². The molecular weight excluding hydrogens is 679 g/mol. The van der Waals surface area contributed by atoms with Gasteiger partial charge in [0.1, 0.15) is 6.04 Å². The highest BCUT2D eigenvalue weighted by atomic mass is 16.4. The summed E-state index contributed by atoms with van der Waals surface area (Å²) in [6.07, 6.45) is 8.84. The molecule has 2 aliphatic heterocycles. The summed E-state index contributed by atoms with van der Waals surface area (Å²) in [4.78, 5) is 30.1. The fourth-order valence-corrected chi connectivity index (χ4v) is 7.51. The number of rotatable bonds is 8. The molecule has 0 spiro atoms. The Morgan fingerprint density at radius 1 is 0.509 bits per heavy atom. The molecule has 1 atom stereocenters. The Morgan fingerprint density at radius 3 is 1.15 bits per heavy atom. The van der Waals surface area contributed by atoms with Gasteiger partial charge in [-0.1, -0.05) is 110 Å². The highest BCUT2D eigenvalue weighted by Crippen LogP contribution is 2.38. The molecule has 0 amide bonds. The van der Waals surface area contributed by atoms with Crippen molar-refractivity contribution < 1.29 is 9.90 Å². The lowest BCUT2D eigenvalue weighted by molar-refractivity contribution is -0.137. The molecule has 4 aromatic carbocycles. The van der Waals surface area contributed by atoms with Crippen LogP contribution in [0.5, 0.6) is 0 Å². The van der Waals surface area contributed by atoms with Crippen LogP contribution in [0, 0.1) is 0 Å². The van der Waals surface area contributed by atoms with E-state index in [1.807, 2.05) is 73.7 Å². The lowest BCUT2D eigenvalue weighted by Gasteiger charge is -2.14. The van der Waals surface area contributed by atoms with Crippen LogP contribution in [-0.2, 0) is 4.79 Å². The van der Waals surface area contributed by atoms with E-state index in [-0.39, 0.29) is 0 Å². The number of benzene rings is 4. The summed E-state index contributed by atoms with van der Waals surface area (Å²) in [6.45, 7) is 1.86. The van der Waals surface area contributed by atoms with E-state index in [0.29, 0.717) is 6.42 Å². The number of fused-ring (bicyclic) bond motifs is 8. The molecule has 0 saturated carbocycles. The van der Waals surface area contributed by atoms with Crippen LogP contribution in [0.15, 0.2) is 140 Å². The molecule has 266 valence electrons. The monoisotopic (exact) mass is 715 g/mol. The average Bonchev–Trinajstić information content (AvgIpc) is 4.07. The Balaban J connectivity index is 1.39. The van der Waals surface area contributed by atoms with Gasteiger partial charge in [0.25, 0.3) is 0 Å². The van der Waals surface area contributed by atoms with E-state index in [1.165, 1.54) is 0 Å². The highest BCUT2D eigenvalue weighted by Gasteiger charge is 2.19. The molecule has 9 rings (SSSR count). The summed E-state index contributed by atoms with van der Waals surface area (Å²) in [5.74, 6) is -0.878. The van der Waals surface area contributed by atoms with Gasteiger partial charge in [0, 0.05) is 50.0 Å². The lowest BCUT2D eigenvalue weighted by atomic mass is 10.0. The molecule has 5 heterocycles. The molecule has 7 aromatic rings. The van der Waals surface area contributed by atoms with Crippen LogP contribution in [0.2, 0.25) is 0 Å².